The first-order valence-electron chi connectivity index (χ1n) is 5.41. The molecular formula is C11H16N4S. The quantitative estimate of drug-likeness (QED) is 0.861. The topological polar surface area (TPSA) is 42.7 Å². The molecule has 0 fully saturated rings. The van der Waals surface area contributed by atoms with Crippen LogP contribution in [0.2, 0.25) is 0 Å². The summed E-state index contributed by atoms with van der Waals surface area (Å²) in [5.41, 5.74) is 1.11. The van der Waals surface area contributed by atoms with Crippen LogP contribution in [0.25, 0.3) is 0 Å². The Kier molecular flexibility index (Phi) is 3.69. The Bertz CT molecular complexity index is 446. The van der Waals surface area contributed by atoms with Gasteiger partial charge in [0.2, 0.25) is 0 Å². The number of nitrogens with one attached hydrogen (secondary N) is 1. The van der Waals surface area contributed by atoms with E-state index in [4.69, 9.17) is 0 Å². The van der Waals surface area contributed by atoms with Gasteiger partial charge in [0.25, 0.3) is 0 Å². The number of rotatable bonds is 5. The minimum absolute atomic E-state index is 0.814. The van der Waals surface area contributed by atoms with Crippen LogP contribution in [0, 0.1) is 6.92 Å². The number of thiazole rings is 1. The van der Waals surface area contributed by atoms with Gasteiger partial charge >= 0.3 is 0 Å². The van der Waals surface area contributed by atoms with Gasteiger partial charge in [-0.15, -0.1) is 11.3 Å². The van der Waals surface area contributed by atoms with E-state index < -0.39 is 0 Å². The average molecular weight is 236 g/mol. The van der Waals surface area contributed by atoms with Gasteiger partial charge in [0.1, 0.15) is 10.8 Å². The Morgan fingerprint density at radius 3 is 3.06 bits per heavy atom. The lowest BCUT2D eigenvalue weighted by Gasteiger charge is -2.01. The molecule has 0 unspecified atom stereocenters. The van der Waals surface area contributed by atoms with Crippen molar-refractivity contribution in [2.75, 3.05) is 6.54 Å². The highest BCUT2D eigenvalue weighted by Crippen LogP contribution is 2.11. The highest BCUT2D eigenvalue weighted by atomic mass is 32.1. The predicted molar refractivity (Wildman–Crippen MR) is 65.6 cm³/mol. The van der Waals surface area contributed by atoms with Crippen molar-refractivity contribution in [1.29, 1.82) is 0 Å². The molecule has 0 amide bonds. The van der Waals surface area contributed by atoms with Crippen LogP contribution in [0.5, 0.6) is 0 Å². The van der Waals surface area contributed by atoms with E-state index in [-0.39, 0.29) is 0 Å². The van der Waals surface area contributed by atoms with Crippen molar-refractivity contribution >= 4 is 11.3 Å². The largest absolute Gasteiger partial charge is 0.329 e. The summed E-state index contributed by atoms with van der Waals surface area (Å²) < 4.78 is 2.10. The molecule has 2 heterocycles. The standard InChI is InChI=1S/C11H16N4S/c1-3-12-6-11-14-10(8-16-11)7-15-5-4-13-9(15)2/h4-5,8,12H,3,6-7H2,1-2H3. The van der Waals surface area contributed by atoms with Gasteiger partial charge in [-0.3, -0.25) is 0 Å². The van der Waals surface area contributed by atoms with Crippen molar-refractivity contribution in [1.82, 2.24) is 19.9 Å². The Morgan fingerprint density at radius 2 is 2.38 bits per heavy atom. The van der Waals surface area contributed by atoms with Crippen LogP contribution in [0.15, 0.2) is 17.8 Å². The van der Waals surface area contributed by atoms with E-state index >= 15 is 0 Å². The molecule has 0 bridgehead atoms. The van der Waals surface area contributed by atoms with Gasteiger partial charge in [0, 0.05) is 24.3 Å². The van der Waals surface area contributed by atoms with E-state index in [1.807, 2.05) is 19.3 Å². The molecule has 4 nitrogen and oxygen atoms in total. The summed E-state index contributed by atoms with van der Waals surface area (Å²) in [6.45, 7) is 6.77. The van der Waals surface area contributed by atoms with Gasteiger partial charge in [-0.2, -0.15) is 0 Å². The monoisotopic (exact) mass is 236 g/mol. The molecule has 2 aromatic heterocycles. The summed E-state index contributed by atoms with van der Waals surface area (Å²) >= 11 is 1.71. The first kappa shape index (κ1) is 11.3. The molecule has 5 heteroatoms. The zero-order valence-corrected chi connectivity index (χ0v) is 10.4. The number of nitrogens with zero attached hydrogens (tertiary/aromatic N) is 3. The first-order valence-corrected chi connectivity index (χ1v) is 6.29. The summed E-state index contributed by atoms with van der Waals surface area (Å²) in [5.74, 6) is 1.03. The van der Waals surface area contributed by atoms with Crippen LogP contribution in [-0.2, 0) is 13.1 Å². The number of hydrogen-bond acceptors (Lipinski definition) is 4. The van der Waals surface area contributed by atoms with E-state index in [1.165, 1.54) is 0 Å². The first-order chi connectivity index (χ1) is 7.79. The number of hydrogen-bond donors (Lipinski definition) is 1. The Balaban J connectivity index is 2.00. The van der Waals surface area contributed by atoms with Gasteiger partial charge in [0.15, 0.2) is 0 Å². The lowest BCUT2D eigenvalue weighted by atomic mass is 10.4. The summed E-state index contributed by atoms with van der Waals surface area (Å²) in [4.78, 5) is 8.77. The van der Waals surface area contributed by atoms with E-state index in [1.54, 1.807) is 11.3 Å². The minimum atomic E-state index is 0.814. The Hall–Kier alpha value is -1.20. The normalized spacial score (nSPS) is 10.9. The van der Waals surface area contributed by atoms with E-state index in [0.29, 0.717) is 0 Å². The second kappa shape index (κ2) is 5.23. The molecule has 0 aliphatic carbocycles. The van der Waals surface area contributed by atoms with E-state index in [9.17, 15) is 0 Å². The van der Waals surface area contributed by atoms with E-state index in [0.717, 1.165) is 36.2 Å². The second-order valence-electron chi connectivity index (χ2n) is 3.62. The molecule has 0 aliphatic heterocycles. The Morgan fingerprint density at radius 1 is 1.50 bits per heavy atom. The van der Waals surface area contributed by atoms with Gasteiger partial charge in [-0.1, -0.05) is 6.92 Å². The third-order valence-electron chi connectivity index (χ3n) is 2.38. The smallest absolute Gasteiger partial charge is 0.107 e. The molecule has 2 rings (SSSR count). The molecule has 16 heavy (non-hydrogen) atoms. The maximum absolute atomic E-state index is 4.57. The van der Waals surface area contributed by atoms with Gasteiger partial charge < -0.3 is 9.88 Å². The minimum Gasteiger partial charge on any atom is -0.329 e. The van der Waals surface area contributed by atoms with Crippen LogP contribution in [0.1, 0.15) is 23.4 Å². The van der Waals surface area contributed by atoms with Crippen LogP contribution in [-0.4, -0.2) is 21.1 Å². The third-order valence-corrected chi connectivity index (χ3v) is 3.28. The highest BCUT2D eigenvalue weighted by Gasteiger charge is 2.03. The molecule has 2 aromatic rings. The molecule has 0 radical (unpaired) electrons. The number of aromatic nitrogens is 3. The lowest BCUT2D eigenvalue weighted by molar-refractivity contribution is 0.707. The van der Waals surface area contributed by atoms with Crippen molar-refractivity contribution in [3.8, 4) is 0 Å². The molecule has 0 spiro atoms. The fraction of sp³-hybridized carbons (Fsp3) is 0.455. The Labute approximate surface area is 99.4 Å². The van der Waals surface area contributed by atoms with Gasteiger partial charge in [-0.25, -0.2) is 9.97 Å². The number of imidazole rings is 1. The van der Waals surface area contributed by atoms with Crippen molar-refractivity contribution in [2.24, 2.45) is 0 Å². The van der Waals surface area contributed by atoms with Crippen molar-refractivity contribution in [2.45, 2.75) is 26.9 Å². The summed E-state index contributed by atoms with van der Waals surface area (Å²) in [6, 6.07) is 0. The zero-order chi connectivity index (χ0) is 11.4. The number of aryl methyl sites for hydroxylation is 1. The van der Waals surface area contributed by atoms with Crippen molar-refractivity contribution in [3.05, 3.63) is 34.3 Å². The third kappa shape index (κ3) is 2.68. The van der Waals surface area contributed by atoms with Gasteiger partial charge in [0.05, 0.1) is 12.2 Å². The average Bonchev–Trinajstić information content (AvgIpc) is 2.87. The highest BCUT2D eigenvalue weighted by molar-refractivity contribution is 7.09. The molecule has 0 atom stereocenters. The van der Waals surface area contributed by atoms with Crippen molar-refractivity contribution in [3.63, 3.8) is 0 Å². The zero-order valence-electron chi connectivity index (χ0n) is 9.60. The maximum atomic E-state index is 4.57. The molecule has 0 aromatic carbocycles. The van der Waals surface area contributed by atoms with Crippen LogP contribution in [0.4, 0.5) is 0 Å². The maximum Gasteiger partial charge on any atom is 0.107 e. The summed E-state index contributed by atoms with van der Waals surface area (Å²) in [5, 5.41) is 6.54. The fourth-order valence-electron chi connectivity index (χ4n) is 1.48. The predicted octanol–water partition coefficient (Wildman–Crippen LogP) is 1.81. The molecule has 1 N–H and O–H groups in total. The lowest BCUT2D eigenvalue weighted by Crippen LogP contribution is -2.11. The summed E-state index contributed by atoms with van der Waals surface area (Å²) in [6.07, 6.45) is 3.81. The molecule has 0 saturated heterocycles. The molecule has 0 aliphatic rings. The summed E-state index contributed by atoms with van der Waals surface area (Å²) in [7, 11) is 0. The van der Waals surface area contributed by atoms with Gasteiger partial charge in [-0.05, 0) is 13.5 Å². The van der Waals surface area contributed by atoms with Crippen LogP contribution in [0.3, 0.4) is 0 Å². The molecule has 86 valence electrons. The van der Waals surface area contributed by atoms with Crippen molar-refractivity contribution < 1.29 is 0 Å². The fourth-order valence-corrected chi connectivity index (χ4v) is 2.23. The van der Waals surface area contributed by atoms with Crippen LogP contribution >= 0.6 is 11.3 Å². The molecular weight excluding hydrogens is 220 g/mol. The van der Waals surface area contributed by atoms with E-state index in [2.05, 4.69) is 32.2 Å². The SMILES string of the molecule is CCNCc1nc(Cn2ccnc2C)cs1. The van der Waals surface area contributed by atoms with Crippen LogP contribution < -0.4 is 5.32 Å². The molecule has 0 saturated carbocycles. The second-order valence-corrected chi connectivity index (χ2v) is 4.56.